The fraction of sp³-hybridized carbons (Fsp3) is 0.500. The van der Waals surface area contributed by atoms with Gasteiger partial charge in [-0.1, -0.05) is 24.6 Å². The summed E-state index contributed by atoms with van der Waals surface area (Å²) in [6, 6.07) is 10.5. The fourth-order valence-corrected chi connectivity index (χ4v) is 4.33. The van der Waals surface area contributed by atoms with E-state index in [0.717, 1.165) is 60.8 Å². The van der Waals surface area contributed by atoms with Gasteiger partial charge in [0.15, 0.2) is 0 Å². The second-order valence-electron chi connectivity index (χ2n) is 8.47. The predicted octanol–water partition coefficient (Wildman–Crippen LogP) is 3.94. The number of piperidine rings is 1. The van der Waals surface area contributed by atoms with E-state index in [0.29, 0.717) is 32.4 Å². The summed E-state index contributed by atoms with van der Waals surface area (Å²) in [4.78, 5) is 17.2. The lowest BCUT2D eigenvalue weighted by Gasteiger charge is -2.28. The minimum absolute atomic E-state index is 0.363. The van der Waals surface area contributed by atoms with E-state index in [-0.39, 0.29) is 0 Å². The second kappa shape index (κ2) is 10.7. The summed E-state index contributed by atoms with van der Waals surface area (Å²) in [7, 11) is 0. The van der Waals surface area contributed by atoms with Gasteiger partial charge in [0.2, 0.25) is 0 Å². The van der Waals surface area contributed by atoms with Crippen LogP contribution < -0.4 is 9.64 Å². The number of aromatic amines is 1. The number of hydrogen-bond donors (Lipinski definition) is 1. The first-order valence-electron chi connectivity index (χ1n) is 11.8. The van der Waals surface area contributed by atoms with Crippen molar-refractivity contribution in [3.63, 3.8) is 0 Å². The lowest BCUT2D eigenvalue weighted by molar-refractivity contribution is 0.122. The maximum absolute atomic E-state index is 5.99. The molecular formula is C24H31N7O2. The Balaban J connectivity index is 1.28. The van der Waals surface area contributed by atoms with Gasteiger partial charge in [-0.3, -0.25) is 4.90 Å². The smallest absolute Gasteiger partial charge is 0.318 e. The van der Waals surface area contributed by atoms with Gasteiger partial charge in [0.05, 0.1) is 18.9 Å². The highest BCUT2D eigenvalue weighted by Gasteiger charge is 2.16. The van der Waals surface area contributed by atoms with Crippen LogP contribution in [-0.4, -0.2) is 72.4 Å². The predicted molar refractivity (Wildman–Crippen MR) is 127 cm³/mol. The number of azo groups is 1. The largest absolute Gasteiger partial charge is 0.462 e. The van der Waals surface area contributed by atoms with Gasteiger partial charge in [-0.05, 0) is 32.0 Å². The van der Waals surface area contributed by atoms with Crippen molar-refractivity contribution in [3.8, 4) is 6.01 Å². The Labute approximate surface area is 193 Å². The summed E-state index contributed by atoms with van der Waals surface area (Å²) >= 11 is 0. The van der Waals surface area contributed by atoms with Crippen LogP contribution in [0.25, 0.3) is 10.9 Å². The Hall–Kier alpha value is -3.04. The number of nitrogens with one attached hydrogen (secondary N) is 1. The van der Waals surface area contributed by atoms with E-state index in [1.807, 2.05) is 36.5 Å². The molecule has 1 N–H and O–H groups in total. The van der Waals surface area contributed by atoms with Crippen LogP contribution in [0.4, 0.5) is 11.5 Å². The Morgan fingerprint density at radius 1 is 1.03 bits per heavy atom. The highest BCUT2D eigenvalue weighted by atomic mass is 16.5. The van der Waals surface area contributed by atoms with E-state index in [1.165, 1.54) is 19.3 Å². The van der Waals surface area contributed by atoms with Crippen molar-refractivity contribution in [3.05, 3.63) is 42.2 Å². The first-order valence-corrected chi connectivity index (χ1v) is 11.8. The number of ether oxygens (including phenoxy) is 2. The number of morpholine rings is 1. The van der Waals surface area contributed by atoms with E-state index in [9.17, 15) is 0 Å². The van der Waals surface area contributed by atoms with Gasteiger partial charge < -0.3 is 19.4 Å². The quantitative estimate of drug-likeness (QED) is 0.524. The molecule has 0 spiro atoms. The molecule has 1 aromatic carbocycles. The topological polar surface area (TPSA) is 91.2 Å². The number of likely N-dealkylation sites (tertiary alicyclic amines) is 1. The summed E-state index contributed by atoms with van der Waals surface area (Å²) in [5.41, 5.74) is 2.67. The molecule has 0 bridgehead atoms. The molecule has 0 atom stereocenters. The first kappa shape index (κ1) is 21.8. The molecule has 2 aromatic heterocycles. The molecule has 3 aromatic rings. The Morgan fingerprint density at radius 3 is 2.76 bits per heavy atom. The standard InChI is InChI=1S/C24H31N7O2/c1-4-8-30(9-5-1)10-15-33-24-27-19(16-23(28-24)31-11-13-32-14-12-31)17-26-29-22-18-25-21-7-3-2-6-20(21)22/h2-3,6-7,16,18,25H,1,4-5,8-15,17H2. The van der Waals surface area contributed by atoms with Crippen LogP contribution in [0.2, 0.25) is 0 Å². The van der Waals surface area contributed by atoms with Crippen LogP contribution in [0.15, 0.2) is 46.8 Å². The molecule has 2 fully saturated rings. The lowest BCUT2D eigenvalue weighted by atomic mass is 10.1. The van der Waals surface area contributed by atoms with Gasteiger partial charge in [0.25, 0.3) is 0 Å². The summed E-state index contributed by atoms with van der Waals surface area (Å²) in [6.07, 6.45) is 5.75. The molecule has 9 nitrogen and oxygen atoms in total. The molecule has 0 aliphatic carbocycles. The minimum Gasteiger partial charge on any atom is -0.462 e. The Bertz CT molecular complexity index is 1070. The average Bonchev–Trinajstić information content (AvgIpc) is 3.28. The highest BCUT2D eigenvalue weighted by molar-refractivity contribution is 5.90. The molecule has 33 heavy (non-hydrogen) atoms. The van der Waals surface area contributed by atoms with E-state index in [2.05, 4.69) is 35.0 Å². The van der Waals surface area contributed by atoms with E-state index >= 15 is 0 Å². The zero-order valence-electron chi connectivity index (χ0n) is 18.9. The maximum atomic E-state index is 5.99. The second-order valence-corrected chi connectivity index (χ2v) is 8.47. The lowest BCUT2D eigenvalue weighted by Crippen LogP contribution is -2.37. The number of para-hydroxylation sites is 1. The van der Waals surface area contributed by atoms with Crippen molar-refractivity contribution in [1.82, 2.24) is 19.9 Å². The molecule has 0 unspecified atom stereocenters. The number of H-pyrrole nitrogens is 1. The minimum atomic E-state index is 0.363. The summed E-state index contributed by atoms with van der Waals surface area (Å²) < 4.78 is 11.5. The van der Waals surface area contributed by atoms with Crippen LogP contribution in [0.3, 0.4) is 0 Å². The summed E-state index contributed by atoms with van der Waals surface area (Å²) in [5, 5.41) is 9.92. The molecular weight excluding hydrogens is 418 g/mol. The fourth-order valence-electron chi connectivity index (χ4n) is 4.33. The van der Waals surface area contributed by atoms with E-state index in [1.54, 1.807) is 0 Å². The Morgan fingerprint density at radius 2 is 1.88 bits per heavy atom. The van der Waals surface area contributed by atoms with Gasteiger partial charge in [-0.15, -0.1) is 0 Å². The zero-order chi connectivity index (χ0) is 22.3. The van der Waals surface area contributed by atoms with Gasteiger partial charge in [0.1, 0.15) is 24.7 Å². The average molecular weight is 450 g/mol. The van der Waals surface area contributed by atoms with Crippen LogP contribution in [0, 0.1) is 0 Å². The molecule has 0 saturated carbocycles. The van der Waals surface area contributed by atoms with Crippen molar-refractivity contribution in [2.75, 3.05) is 57.4 Å². The SMILES string of the molecule is c1ccc2c(N=NCc3cc(N4CCOCC4)nc(OCCN4CCCCC4)n3)c[nH]c2c1. The van der Waals surface area contributed by atoms with Crippen molar-refractivity contribution < 1.29 is 9.47 Å². The zero-order valence-corrected chi connectivity index (χ0v) is 18.9. The molecule has 2 aliphatic rings. The normalized spacial score (nSPS) is 17.8. The number of anilines is 1. The van der Waals surface area contributed by atoms with Crippen molar-refractivity contribution in [2.24, 2.45) is 10.2 Å². The summed E-state index contributed by atoms with van der Waals surface area (Å²) in [5.74, 6) is 0.860. The third kappa shape index (κ3) is 5.66. The number of nitrogens with zero attached hydrogens (tertiary/aromatic N) is 6. The Kier molecular flexibility index (Phi) is 7.08. The van der Waals surface area contributed by atoms with E-state index < -0.39 is 0 Å². The number of rotatable bonds is 8. The van der Waals surface area contributed by atoms with Gasteiger partial charge in [0, 0.05) is 42.8 Å². The molecule has 4 heterocycles. The number of hydrogen-bond acceptors (Lipinski definition) is 8. The first-order chi connectivity index (χ1) is 16.3. The number of fused-ring (bicyclic) bond motifs is 1. The van der Waals surface area contributed by atoms with Crippen LogP contribution >= 0.6 is 0 Å². The monoisotopic (exact) mass is 449 g/mol. The molecule has 2 saturated heterocycles. The molecule has 174 valence electrons. The third-order valence-corrected chi connectivity index (χ3v) is 6.15. The molecule has 9 heteroatoms. The molecule has 0 amide bonds. The number of aromatic nitrogens is 3. The van der Waals surface area contributed by atoms with Crippen molar-refractivity contribution >= 4 is 22.4 Å². The highest BCUT2D eigenvalue weighted by Crippen LogP contribution is 2.26. The number of benzene rings is 1. The molecule has 2 aliphatic heterocycles. The van der Waals surface area contributed by atoms with E-state index in [4.69, 9.17) is 9.47 Å². The van der Waals surface area contributed by atoms with Crippen LogP contribution in [0.1, 0.15) is 25.0 Å². The van der Waals surface area contributed by atoms with Gasteiger partial charge in [-0.25, -0.2) is 0 Å². The third-order valence-electron chi connectivity index (χ3n) is 6.15. The maximum Gasteiger partial charge on any atom is 0.318 e. The summed E-state index contributed by atoms with van der Waals surface area (Å²) in [6.45, 7) is 7.16. The van der Waals surface area contributed by atoms with Crippen molar-refractivity contribution in [1.29, 1.82) is 0 Å². The van der Waals surface area contributed by atoms with Crippen molar-refractivity contribution in [2.45, 2.75) is 25.8 Å². The van der Waals surface area contributed by atoms with Crippen LogP contribution in [-0.2, 0) is 11.3 Å². The molecule has 5 rings (SSSR count). The van der Waals surface area contributed by atoms with Gasteiger partial charge >= 0.3 is 6.01 Å². The van der Waals surface area contributed by atoms with Gasteiger partial charge in [-0.2, -0.15) is 20.2 Å². The van der Waals surface area contributed by atoms with Crippen LogP contribution in [0.5, 0.6) is 6.01 Å². The molecule has 0 radical (unpaired) electrons.